The number of nitrogens with two attached hydrogens (primary N) is 1. The van der Waals surface area contributed by atoms with Crippen molar-refractivity contribution in [1.29, 1.82) is 0 Å². The van der Waals surface area contributed by atoms with Crippen LogP contribution in [0.2, 0.25) is 0 Å². The van der Waals surface area contributed by atoms with Gasteiger partial charge in [0, 0.05) is 5.56 Å². The van der Waals surface area contributed by atoms with Gasteiger partial charge in [0.05, 0.1) is 6.04 Å². The molecule has 2 N–H and O–H groups in total. The van der Waals surface area contributed by atoms with E-state index in [2.05, 4.69) is 13.8 Å². The zero-order valence-corrected chi connectivity index (χ0v) is 11.0. The van der Waals surface area contributed by atoms with Gasteiger partial charge in [-0.1, -0.05) is 50.2 Å². The maximum atomic E-state index is 13.7. The van der Waals surface area contributed by atoms with Gasteiger partial charge in [-0.05, 0) is 23.1 Å². The zero-order valence-electron chi connectivity index (χ0n) is 11.0. The van der Waals surface area contributed by atoms with Crippen LogP contribution in [0.1, 0.15) is 42.5 Å². The van der Waals surface area contributed by atoms with Gasteiger partial charge >= 0.3 is 0 Å². The second kappa shape index (κ2) is 5.49. The Morgan fingerprint density at radius 3 is 2.05 bits per heavy atom. The second-order valence-electron chi connectivity index (χ2n) is 4.94. The molecule has 0 saturated carbocycles. The normalized spacial score (nSPS) is 12.7. The van der Waals surface area contributed by atoms with Crippen LogP contribution < -0.4 is 5.73 Å². The number of halogens is 2. The predicted octanol–water partition coefficient (Wildman–Crippen LogP) is 4.14. The van der Waals surface area contributed by atoms with Crippen LogP contribution in [0.15, 0.2) is 42.5 Å². The van der Waals surface area contributed by atoms with E-state index in [-0.39, 0.29) is 5.56 Å². The molecule has 1 unspecified atom stereocenters. The van der Waals surface area contributed by atoms with Gasteiger partial charge in [-0.3, -0.25) is 0 Å². The van der Waals surface area contributed by atoms with Gasteiger partial charge in [-0.15, -0.1) is 0 Å². The first-order valence-electron chi connectivity index (χ1n) is 6.30. The minimum Gasteiger partial charge on any atom is -0.320 e. The molecule has 0 spiro atoms. The summed E-state index contributed by atoms with van der Waals surface area (Å²) >= 11 is 0. The van der Waals surface area contributed by atoms with Crippen molar-refractivity contribution < 1.29 is 8.78 Å². The number of hydrogen-bond donors (Lipinski definition) is 1. The lowest BCUT2D eigenvalue weighted by molar-refractivity contribution is 0.494. The summed E-state index contributed by atoms with van der Waals surface area (Å²) in [7, 11) is 0. The molecule has 19 heavy (non-hydrogen) atoms. The third-order valence-corrected chi connectivity index (χ3v) is 3.28. The monoisotopic (exact) mass is 261 g/mol. The molecule has 0 radical (unpaired) electrons. The number of hydrogen-bond acceptors (Lipinski definition) is 1. The van der Waals surface area contributed by atoms with Crippen LogP contribution in [-0.2, 0) is 0 Å². The highest BCUT2D eigenvalue weighted by Gasteiger charge is 2.16. The van der Waals surface area contributed by atoms with Crippen molar-refractivity contribution in [2.45, 2.75) is 25.8 Å². The molecule has 2 aromatic rings. The smallest absolute Gasteiger partial charge is 0.163 e. The molecule has 2 rings (SSSR count). The molecule has 0 aliphatic heterocycles. The maximum Gasteiger partial charge on any atom is 0.163 e. The molecule has 2 aromatic carbocycles. The largest absolute Gasteiger partial charge is 0.320 e. The minimum absolute atomic E-state index is 0.178. The predicted molar refractivity (Wildman–Crippen MR) is 72.9 cm³/mol. The highest BCUT2D eigenvalue weighted by atomic mass is 19.2. The molecular formula is C16H17F2N. The van der Waals surface area contributed by atoms with Gasteiger partial charge in [-0.25, -0.2) is 8.78 Å². The first-order valence-corrected chi connectivity index (χ1v) is 6.30. The van der Waals surface area contributed by atoms with Crippen LogP contribution in [0.3, 0.4) is 0 Å². The third kappa shape index (κ3) is 2.82. The molecule has 0 aliphatic carbocycles. The fourth-order valence-electron chi connectivity index (χ4n) is 2.03. The average Bonchev–Trinajstić information content (AvgIpc) is 2.41. The summed E-state index contributed by atoms with van der Waals surface area (Å²) in [4.78, 5) is 0. The summed E-state index contributed by atoms with van der Waals surface area (Å²) in [6.45, 7) is 4.20. The summed E-state index contributed by atoms with van der Waals surface area (Å²) < 4.78 is 26.9. The van der Waals surface area contributed by atoms with Crippen LogP contribution >= 0.6 is 0 Å². The van der Waals surface area contributed by atoms with E-state index in [1.165, 1.54) is 17.7 Å². The molecule has 0 aliphatic rings. The highest BCUT2D eigenvalue weighted by Crippen LogP contribution is 2.25. The van der Waals surface area contributed by atoms with E-state index in [1.54, 1.807) is 0 Å². The third-order valence-electron chi connectivity index (χ3n) is 3.28. The van der Waals surface area contributed by atoms with Crippen molar-refractivity contribution in [2.75, 3.05) is 0 Å². The summed E-state index contributed by atoms with van der Waals surface area (Å²) in [6.07, 6.45) is 0. The lowest BCUT2D eigenvalue weighted by atomic mass is 9.95. The Labute approximate surface area is 112 Å². The van der Waals surface area contributed by atoms with Crippen molar-refractivity contribution in [2.24, 2.45) is 5.73 Å². The molecule has 0 fully saturated rings. The Kier molecular flexibility index (Phi) is 3.96. The molecule has 100 valence electrons. The standard InChI is InChI=1S/C16H17F2N/c1-10(2)11-6-8-12(9-7-11)16(19)13-4-3-5-14(17)15(13)18/h3-10,16H,19H2,1-2H3. The van der Waals surface area contributed by atoms with Crippen molar-refractivity contribution in [3.8, 4) is 0 Å². The summed E-state index contributed by atoms with van der Waals surface area (Å²) in [6, 6.07) is 11.1. The Morgan fingerprint density at radius 1 is 0.895 bits per heavy atom. The van der Waals surface area contributed by atoms with Crippen molar-refractivity contribution in [3.63, 3.8) is 0 Å². The second-order valence-corrected chi connectivity index (χ2v) is 4.94. The van der Waals surface area contributed by atoms with E-state index in [4.69, 9.17) is 5.73 Å². The van der Waals surface area contributed by atoms with E-state index in [0.29, 0.717) is 5.92 Å². The fourth-order valence-corrected chi connectivity index (χ4v) is 2.03. The highest BCUT2D eigenvalue weighted by molar-refractivity contribution is 5.34. The first kappa shape index (κ1) is 13.7. The van der Waals surface area contributed by atoms with Crippen molar-refractivity contribution in [3.05, 3.63) is 70.8 Å². The number of benzene rings is 2. The molecule has 0 amide bonds. The van der Waals surface area contributed by atoms with E-state index >= 15 is 0 Å². The lowest BCUT2D eigenvalue weighted by Crippen LogP contribution is -2.14. The Hall–Kier alpha value is -1.74. The molecule has 1 atom stereocenters. The zero-order chi connectivity index (χ0) is 14.0. The van der Waals surface area contributed by atoms with Crippen LogP contribution in [0, 0.1) is 11.6 Å². The molecule has 1 nitrogen and oxygen atoms in total. The SMILES string of the molecule is CC(C)c1ccc(C(N)c2cccc(F)c2F)cc1. The van der Waals surface area contributed by atoms with Crippen LogP contribution in [-0.4, -0.2) is 0 Å². The van der Waals surface area contributed by atoms with Crippen molar-refractivity contribution >= 4 is 0 Å². The molecule has 0 bridgehead atoms. The maximum absolute atomic E-state index is 13.7. The topological polar surface area (TPSA) is 26.0 Å². The Bertz CT molecular complexity index is 561. The van der Waals surface area contributed by atoms with E-state index in [1.807, 2.05) is 24.3 Å². The van der Waals surface area contributed by atoms with E-state index in [9.17, 15) is 8.78 Å². The average molecular weight is 261 g/mol. The quantitative estimate of drug-likeness (QED) is 0.883. The van der Waals surface area contributed by atoms with Crippen LogP contribution in [0.5, 0.6) is 0 Å². The Balaban J connectivity index is 2.33. The minimum atomic E-state index is -0.872. The van der Waals surface area contributed by atoms with Crippen molar-refractivity contribution in [1.82, 2.24) is 0 Å². The number of rotatable bonds is 3. The van der Waals surface area contributed by atoms with Crippen LogP contribution in [0.4, 0.5) is 8.78 Å². The van der Waals surface area contributed by atoms with Gasteiger partial charge in [0.1, 0.15) is 0 Å². The van der Waals surface area contributed by atoms with Gasteiger partial charge in [0.25, 0.3) is 0 Å². The van der Waals surface area contributed by atoms with Gasteiger partial charge in [0.15, 0.2) is 11.6 Å². The van der Waals surface area contributed by atoms with Crippen LogP contribution in [0.25, 0.3) is 0 Å². The lowest BCUT2D eigenvalue weighted by Gasteiger charge is -2.15. The summed E-state index contributed by atoms with van der Waals surface area (Å²) in [5.74, 6) is -1.31. The summed E-state index contributed by atoms with van der Waals surface area (Å²) in [5.41, 5.74) is 8.15. The fraction of sp³-hybridized carbons (Fsp3) is 0.250. The van der Waals surface area contributed by atoms with Gasteiger partial charge in [0.2, 0.25) is 0 Å². The first-order chi connectivity index (χ1) is 9.00. The molecule has 3 heteroatoms. The summed E-state index contributed by atoms with van der Waals surface area (Å²) in [5, 5.41) is 0. The van der Waals surface area contributed by atoms with E-state index < -0.39 is 17.7 Å². The molecular weight excluding hydrogens is 244 g/mol. The Morgan fingerprint density at radius 2 is 1.47 bits per heavy atom. The molecule has 0 aromatic heterocycles. The van der Waals surface area contributed by atoms with E-state index in [0.717, 1.165) is 11.6 Å². The van der Waals surface area contributed by atoms with Gasteiger partial charge in [-0.2, -0.15) is 0 Å². The molecule has 0 saturated heterocycles. The molecule has 0 heterocycles. The van der Waals surface area contributed by atoms with Gasteiger partial charge < -0.3 is 5.73 Å².